The molecule has 150 valence electrons. The molecule has 0 aliphatic rings. The molecule has 0 aliphatic heterocycles. The van der Waals surface area contributed by atoms with E-state index in [2.05, 4.69) is 5.32 Å². The molecule has 0 saturated carbocycles. The maximum absolute atomic E-state index is 13.1. The van der Waals surface area contributed by atoms with Gasteiger partial charge < -0.3 is 10.2 Å². The normalized spacial score (nSPS) is 11.8. The van der Waals surface area contributed by atoms with Gasteiger partial charge in [0.1, 0.15) is 6.04 Å². The molecule has 0 unspecified atom stereocenters. The van der Waals surface area contributed by atoms with E-state index in [1.165, 1.54) is 4.90 Å². The van der Waals surface area contributed by atoms with Crippen LogP contribution in [0.25, 0.3) is 0 Å². The Labute approximate surface area is 180 Å². The average Bonchev–Trinajstić information content (AvgIpc) is 2.67. The number of hydrogen-bond donors (Lipinski definition) is 1. The molecule has 1 N–H and O–H groups in total. The third-order valence-electron chi connectivity index (χ3n) is 4.37. The molecule has 7 heteroatoms. The highest BCUT2D eigenvalue weighted by Crippen LogP contribution is 2.26. The van der Waals surface area contributed by atoms with Crippen molar-refractivity contribution in [2.75, 3.05) is 6.54 Å². The Bertz CT molecular complexity index is 805. The van der Waals surface area contributed by atoms with Gasteiger partial charge in [0.05, 0.1) is 6.42 Å². The first kappa shape index (κ1) is 22.5. The van der Waals surface area contributed by atoms with Crippen molar-refractivity contribution in [3.63, 3.8) is 0 Å². The van der Waals surface area contributed by atoms with E-state index in [9.17, 15) is 9.59 Å². The minimum atomic E-state index is -0.643. The minimum Gasteiger partial charge on any atom is -0.354 e. The number of nitrogens with one attached hydrogen (secondary N) is 1. The van der Waals surface area contributed by atoms with Gasteiger partial charge in [-0.3, -0.25) is 9.59 Å². The summed E-state index contributed by atoms with van der Waals surface area (Å²) in [6.45, 7) is 4.52. The zero-order valence-corrected chi connectivity index (χ0v) is 18.1. The van der Waals surface area contributed by atoms with Gasteiger partial charge in [-0.1, -0.05) is 59.9 Å². The van der Waals surface area contributed by atoms with E-state index in [0.29, 0.717) is 27.2 Å². The van der Waals surface area contributed by atoms with Gasteiger partial charge in [0, 0.05) is 28.2 Å². The van der Waals surface area contributed by atoms with Crippen molar-refractivity contribution in [2.45, 2.75) is 39.3 Å². The van der Waals surface area contributed by atoms with Crippen molar-refractivity contribution >= 4 is 46.6 Å². The SMILES string of the molecule is CCCNC(=O)[C@@H](C)N(Cc1ccc(Cl)cc1)C(=O)Cc1c(Cl)cccc1Cl. The molecule has 2 aromatic rings. The van der Waals surface area contributed by atoms with Gasteiger partial charge >= 0.3 is 0 Å². The number of carbonyl (C=O) groups is 2. The third-order valence-corrected chi connectivity index (χ3v) is 5.33. The smallest absolute Gasteiger partial charge is 0.242 e. The first-order valence-electron chi connectivity index (χ1n) is 9.08. The molecule has 1 atom stereocenters. The van der Waals surface area contributed by atoms with Crippen LogP contribution in [0.2, 0.25) is 15.1 Å². The lowest BCUT2D eigenvalue weighted by Crippen LogP contribution is -2.48. The van der Waals surface area contributed by atoms with Crippen LogP contribution in [-0.2, 0) is 22.6 Å². The Kier molecular flexibility index (Phi) is 8.61. The van der Waals surface area contributed by atoms with Crippen LogP contribution >= 0.6 is 34.8 Å². The highest BCUT2D eigenvalue weighted by Gasteiger charge is 2.27. The molecule has 0 fully saturated rings. The van der Waals surface area contributed by atoms with Crippen molar-refractivity contribution in [3.8, 4) is 0 Å². The zero-order valence-electron chi connectivity index (χ0n) is 15.8. The summed E-state index contributed by atoms with van der Waals surface area (Å²) in [5.41, 5.74) is 1.43. The van der Waals surface area contributed by atoms with E-state index in [1.54, 1.807) is 37.3 Å². The molecule has 0 aromatic heterocycles. The summed E-state index contributed by atoms with van der Waals surface area (Å²) in [6.07, 6.45) is 0.830. The van der Waals surface area contributed by atoms with E-state index < -0.39 is 6.04 Å². The van der Waals surface area contributed by atoms with Gasteiger partial charge in [-0.2, -0.15) is 0 Å². The van der Waals surface area contributed by atoms with Crippen LogP contribution in [0.3, 0.4) is 0 Å². The lowest BCUT2D eigenvalue weighted by atomic mass is 10.1. The number of hydrogen-bond acceptors (Lipinski definition) is 2. The van der Waals surface area contributed by atoms with Crippen molar-refractivity contribution in [1.29, 1.82) is 0 Å². The van der Waals surface area contributed by atoms with E-state index in [4.69, 9.17) is 34.8 Å². The molecular weight excluding hydrogens is 419 g/mol. The Morgan fingerprint density at radius 2 is 1.64 bits per heavy atom. The van der Waals surface area contributed by atoms with Crippen molar-refractivity contribution in [2.24, 2.45) is 0 Å². The number of amides is 2. The number of halogens is 3. The lowest BCUT2D eigenvalue weighted by Gasteiger charge is -2.29. The quantitative estimate of drug-likeness (QED) is 0.617. The largest absolute Gasteiger partial charge is 0.354 e. The highest BCUT2D eigenvalue weighted by molar-refractivity contribution is 6.36. The summed E-state index contributed by atoms with van der Waals surface area (Å²) < 4.78 is 0. The summed E-state index contributed by atoms with van der Waals surface area (Å²) in [5, 5.41) is 4.30. The molecule has 0 bridgehead atoms. The van der Waals surface area contributed by atoms with E-state index in [1.807, 2.05) is 19.1 Å². The Hall–Kier alpha value is -1.75. The molecule has 0 radical (unpaired) electrons. The Morgan fingerprint density at radius 1 is 1.04 bits per heavy atom. The molecule has 2 aromatic carbocycles. The van der Waals surface area contributed by atoms with Crippen LogP contribution < -0.4 is 5.32 Å². The molecule has 28 heavy (non-hydrogen) atoms. The summed E-state index contributed by atoms with van der Waals surface area (Å²) in [7, 11) is 0. The minimum absolute atomic E-state index is 0.0114. The fourth-order valence-corrected chi connectivity index (χ4v) is 3.38. The molecule has 2 rings (SSSR count). The van der Waals surface area contributed by atoms with Crippen molar-refractivity contribution < 1.29 is 9.59 Å². The van der Waals surface area contributed by atoms with Crippen LogP contribution in [0.15, 0.2) is 42.5 Å². The fourth-order valence-electron chi connectivity index (χ4n) is 2.72. The van der Waals surface area contributed by atoms with E-state index in [0.717, 1.165) is 12.0 Å². The van der Waals surface area contributed by atoms with Gasteiger partial charge in [0.15, 0.2) is 0 Å². The first-order chi connectivity index (χ1) is 13.3. The van der Waals surface area contributed by atoms with Crippen LogP contribution in [0, 0.1) is 0 Å². The molecular formula is C21H23Cl3N2O2. The molecule has 0 aliphatic carbocycles. The second kappa shape index (κ2) is 10.7. The second-order valence-electron chi connectivity index (χ2n) is 6.49. The maximum Gasteiger partial charge on any atom is 0.242 e. The first-order valence-corrected chi connectivity index (χ1v) is 10.2. The van der Waals surface area contributed by atoms with Crippen molar-refractivity contribution in [1.82, 2.24) is 10.2 Å². The van der Waals surface area contributed by atoms with Gasteiger partial charge in [-0.15, -0.1) is 0 Å². The predicted octanol–water partition coefficient (Wildman–Crippen LogP) is 5.13. The van der Waals surface area contributed by atoms with Crippen molar-refractivity contribution in [3.05, 3.63) is 68.7 Å². The van der Waals surface area contributed by atoms with Gasteiger partial charge in [-0.25, -0.2) is 0 Å². The van der Waals surface area contributed by atoms with Crippen LogP contribution in [0.5, 0.6) is 0 Å². The summed E-state index contributed by atoms with van der Waals surface area (Å²) in [5.74, 6) is -0.432. The monoisotopic (exact) mass is 440 g/mol. The number of carbonyl (C=O) groups excluding carboxylic acids is 2. The topological polar surface area (TPSA) is 49.4 Å². The zero-order chi connectivity index (χ0) is 20.7. The summed E-state index contributed by atoms with van der Waals surface area (Å²) in [4.78, 5) is 27.1. The van der Waals surface area contributed by atoms with Crippen LogP contribution in [0.4, 0.5) is 0 Å². The average molecular weight is 442 g/mol. The number of nitrogens with zero attached hydrogens (tertiary/aromatic N) is 1. The highest BCUT2D eigenvalue weighted by atomic mass is 35.5. The Balaban J connectivity index is 2.26. The fraction of sp³-hybridized carbons (Fsp3) is 0.333. The lowest BCUT2D eigenvalue weighted by molar-refractivity contribution is -0.140. The van der Waals surface area contributed by atoms with Gasteiger partial charge in [0.25, 0.3) is 0 Å². The maximum atomic E-state index is 13.1. The summed E-state index contributed by atoms with van der Waals surface area (Å²) >= 11 is 18.4. The number of rotatable bonds is 8. The van der Waals surface area contributed by atoms with Gasteiger partial charge in [-0.05, 0) is 48.7 Å². The molecule has 0 heterocycles. The molecule has 0 saturated heterocycles. The second-order valence-corrected chi connectivity index (χ2v) is 7.74. The molecule has 4 nitrogen and oxygen atoms in total. The van der Waals surface area contributed by atoms with Gasteiger partial charge in [0.2, 0.25) is 11.8 Å². The Morgan fingerprint density at radius 3 is 2.21 bits per heavy atom. The van der Waals surface area contributed by atoms with Crippen LogP contribution in [-0.4, -0.2) is 29.3 Å². The summed E-state index contributed by atoms with van der Waals surface area (Å²) in [6, 6.07) is 11.7. The van der Waals surface area contributed by atoms with Crippen LogP contribution in [0.1, 0.15) is 31.4 Å². The standard InChI is InChI=1S/C21H23Cl3N2O2/c1-3-11-25-21(28)14(2)26(13-15-7-9-16(22)10-8-15)20(27)12-17-18(23)5-4-6-19(17)24/h4-10,14H,3,11-13H2,1-2H3,(H,25,28)/t14-/m1/s1. The molecule has 2 amide bonds. The predicted molar refractivity (Wildman–Crippen MR) is 115 cm³/mol. The molecule has 0 spiro atoms. The van der Waals surface area contributed by atoms with E-state index >= 15 is 0 Å². The third kappa shape index (κ3) is 6.13. The number of benzene rings is 2. The van der Waals surface area contributed by atoms with E-state index in [-0.39, 0.29) is 24.8 Å².